The Labute approximate surface area is 164 Å². The Morgan fingerprint density at radius 2 is 1.76 bits per heavy atom. The Kier molecular flexibility index (Phi) is 8.68. The van der Waals surface area contributed by atoms with Crippen molar-refractivity contribution in [2.24, 2.45) is 5.73 Å². The molecule has 0 aromatic heterocycles. The van der Waals surface area contributed by atoms with Crippen molar-refractivity contribution >= 4 is 38.7 Å². The smallest absolute Gasteiger partial charge is 0.179 e. The van der Waals surface area contributed by atoms with E-state index in [0.29, 0.717) is 18.4 Å². The van der Waals surface area contributed by atoms with E-state index >= 15 is 0 Å². The van der Waals surface area contributed by atoms with E-state index in [9.17, 15) is 13.6 Å². The molecule has 25 heavy (non-hydrogen) atoms. The monoisotopic (exact) mass is 477 g/mol. The first-order valence-electron chi connectivity index (χ1n) is 7.43. The second-order valence-electron chi connectivity index (χ2n) is 5.41. The Balaban J connectivity index is 0.00000312. The molecule has 2 aromatic carbocycles. The topological polar surface area (TPSA) is 52.3 Å². The summed E-state index contributed by atoms with van der Waals surface area (Å²) in [6, 6.07) is 9.29. The number of nitrogens with two attached hydrogens (primary N) is 1. The van der Waals surface area contributed by atoms with E-state index in [0.717, 1.165) is 23.4 Å². The quantitative estimate of drug-likeness (QED) is 0.461. The molecular formula is C18H19Br2F2NO2. The van der Waals surface area contributed by atoms with Crippen LogP contribution in [-0.2, 0) is 6.42 Å². The van der Waals surface area contributed by atoms with Crippen LogP contribution in [0.2, 0.25) is 0 Å². The molecule has 7 heteroatoms. The maximum atomic E-state index is 14.0. The molecule has 0 heterocycles. The number of hydrogen-bond donors (Lipinski definition) is 1. The molecule has 0 radical (unpaired) electrons. The minimum absolute atomic E-state index is 0. The highest BCUT2D eigenvalue weighted by Crippen LogP contribution is 2.23. The number of rotatable bonds is 7. The Bertz CT molecular complexity index is 701. The lowest BCUT2D eigenvalue weighted by Crippen LogP contribution is -2.14. The molecule has 0 saturated carbocycles. The fraction of sp³-hybridized carbons (Fsp3) is 0.278. The summed E-state index contributed by atoms with van der Waals surface area (Å²) in [5, 5.41) is -0.135. The second kappa shape index (κ2) is 9.99. The summed E-state index contributed by atoms with van der Waals surface area (Å²) in [6.45, 7) is 0. The van der Waals surface area contributed by atoms with Crippen LogP contribution in [0.4, 0.5) is 8.78 Å². The average Bonchev–Trinajstić information content (AvgIpc) is 2.59. The number of carbonyl (C=O) groups is 1. The number of methoxy groups -OCH3 is 1. The van der Waals surface area contributed by atoms with Gasteiger partial charge in [-0.15, -0.1) is 17.0 Å². The van der Waals surface area contributed by atoms with E-state index in [1.807, 2.05) is 24.3 Å². The zero-order valence-electron chi connectivity index (χ0n) is 13.6. The summed E-state index contributed by atoms with van der Waals surface area (Å²) in [7, 11) is 1.60. The van der Waals surface area contributed by atoms with Gasteiger partial charge in [0.05, 0.1) is 18.0 Å². The van der Waals surface area contributed by atoms with E-state index in [-0.39, 0.29) is 22.3 Å². The number of Topliss-reactive ketones (excluding diaryl/α,β-unsaturated/α-hetero) is 1. The summed E-state index contributed by atoms with van der Waals surface area (Å²) in [4.78, 5) is 11.5. The number of hydrogen-bond acceptors (Lipinski definition) is 3. The highest BCUT2D eigenvalue weighted by Gasteiger charge is 2.19. The third-order valence-corrected chi connectivity index (χ3v) is 4.31. The zero-order chi connectivity index (χ0) is 17.7. The number of halogens is 4. The molecule has 136 valence electrons. The normalized spacial score (nSPS) is 11.6. The molecule has 0 fully saturated rings. The minimum Gasteiger partial charge on any atom is -0.497 e. The molecule has 1 atom stereocenters. The van der Waals surface area contributed by atoms with Gasteiger partial charge in [0, 0.05) is 6.04 Å². The van der Waals surface area contributed by atoms with Crippen LogP contribution in [0, 0.1) is 11.6 Å². The van der Waals surface area contributed by atoms with Crippen LogP contribution in [0.5, 0.6) is 5.75 Å². The molecule has 3 nitrogen and oxygen atoms in total. The van der Waals surface area contributed by atoms with Gasteiger partial charge in [0.15, 0.2) is 5.78 Å². The first-order chi connectivity index (χ1) is 11.5. The van der Waals surface area contributed by atoms with Crippen molar-refractivity contribution in [1.82, 2.24) is 0 Å². The number of ketones is 1. The van der Waals surface area contributed by atoms with Crippen molar-refractivity contribution in [1.29, 1.82) is 0 Å². The second-order valence-corrected chi connectivity index (χ2v) is 5.97. The predicted octanol–water partition coefficient (Wildman–Crippen LogP) is 4.76. The lowest BCUT2D eigenvalue weighted by molar-refractivity contribution is 0.101. The van der Waals surface area contributed by atoms with Gasteiger partial charge in [-0.05, 0) is 48.2 Å². The summed E-state index contributed by atoms with van der Waals surface area (Å²) < 4.78 is 33.1. The van der Waals surface area contributed by atoms with E-state index in [1.54, 1.807) is 7.11 Å². The van der Waals surface area contributed by atoms with Gasteiger partial charge in [0.1, 0.15) is 17.4 Å². The van der Waals surface area contributed by atoms with E-state index in [2.05, 4.69) is 15.9 Å². The van der Waals surface area contributed by atoms with Crippen LogP contribution in [-0.4, -0.2) is 18.2 Å². The molecule has 2 rings (SSSR count). The molecule has 1 unspecified atom stereocenters. The van der Waals surface area contributed by atoms with Crippen molar-refractivity contribution in [2.45, 2.75) is 18.9 Å². The van der Waals surface area contributed by atoms with Gasteiger partial charge >= 0.3 is 0 Å². The van der Waals surface area contributed by atoms with Crippen LogP contribution in [0.25, 0.3) is 0 Å². The first kappa shape index (κ1) is 21.7. The minimum atomic E-state index is -0.880. The summed E-state index contributed by atoms with van der Waals surface area (Å²) >= 11 is 2.91. The van der Waals surface area contributed by atoms with Crippen LogP contribution >= 0.6 is 32.9 Å². The number of aryl methyl sites for hydroxylation is 1. The molecule has 0 saturated heterocycles. The SMILES string of the molecule is Br.COc1ccc(CCC(N)c2cc(F)c(C(=O)CBr)c(F)c2)cc1. The van der Waals surface area contributed by atoms with Crippen molar-refractivity contribution in [2.75, 3.05) is 12.4 Å². The van der Waals surface area contributed by atoms with Gasteiger partial charge < -0.3 is 10.5 Å². The number of ether oxygens (including phenoxy) is 1. The van der Waals surface area contributed by atoms with Gasteiger partial charge in [-0.25, -0.2) is 8.78 Å². The third kappa shape index (κ3) is 5.59. The van der Waals surface area contributed by atoms with Crippen LogP contribution < -0.4 is 10.5 Å². The fourth-order valence-corrected chi connectivity index (χ4v) is 2.70. The summed E-state index contributed by atoms with van der Waals surface area (Å²) in [6.07, 6.45) is 1.19. The third-order valence-electron chi connectivity index (χ3n) is 3.80. The van der Waals surface area contributed by atoms with Gasteiger partial charge in [0.25, 0.3) is 0 Å². The van der Waals surface area contributed by atoms with E-state index < -0.39 is 29.0 Å². The summed E-state index contributed by atoms with van der Waals surface area (Å²) in [5.74, 6) is -1.63. The molecule has 2 aromatic rings. The highest BCUT2D eigenvalue weighted by molar-refractivity contribution is 9.09. The maximum absolute atomic E-state index is 14.0. The van der Waals surface area contributed by atoms with Crippen LogP contribution in [0.1, 0.15) is 33.9 Å². The van der Waals surface area contributed by atoms with Gasteiger partial charge in [0.2, 0.25) is 0 Å². The van der Waals surface area contributed by atoms with Crippen LogP contribution in [0.3, 0.4) is 0 Å². The van der Waals surface area contributed by atoms with Crippen LogP contribution in [0.15, 0.2) is 36.4 Å². The molecule has 0 aliphatic carbocycles. The van der Waals surface area contributed by atoms with E-state index in [1.165, 1.54) is 0 Å². The largest absolute Gasteiger partial charge is 0.497 e. The van der Waals surface area contributed by atoms with Gasteiger partial charge in [-0.3, -0.25) is 4.79 Å². The lowest BCUT2D eigenvalue weighted by atomic mass is 9.97. The molecule has 2 N–H and O–H groups in total. The number of alkyl halides is 1. The average molecular weight is 479 g/mol. The lowest BCUT2D eigenvalue weighted by Gasteiger charge is -2.14. The summed E-state index contributed by atoms with van der Waals surface area (Å²) in [5.41, 5.74) is 6.91. The van der Waals surface area contributed by atoms with E-state index in [4.69, 9.17) is 10.5 Å². The molecule has 0 aliphatic heterocycles. The van der Waals surface area contributed by atoms with Gasteiger partial charge in [-0.1, -0.05) is 28.1 Å². The zero-order valence-corrected chi connectivity index (χ0v) is 16.9. The fourth-order valence-electron chi connectivity index (χ4n) is 2.42. The molecule has 0 spiro atoms. The first-order valence-corrected chi connectivity index (χ1v) is 8.55. The molecular weight excluding hydrogens is 460 g/mol. The maximum Gasteiger partial charge on any atom is 0.179 e. The Morgan fingerprint density at radius 1 is 1.20 bits per heavy atom. The van der Waals surface area contributed by atoms with Gasteiger partial charge in [-0.2, -0.15) is 0 Å². The number of benzene rings is 2. The molecule has 0 aliphatic rings. The standard InChI is InChI=1S/C18H18BrF2NO2.BrH/c1-24-13-5-2-11(3-6-13)4-7-16(22)12-8-14(20)18(15(21)9-12)17(23)10-19;/h2-3,5-6,8-9,16H,4,7,10,22H2,1H3;1H. The predicted molar refractivity (Wildman–Crippen MR) is 103 cm³/mol. The Morgan fingerprint density at radius 3 is 2.24 bits per heavy atom. The van der Waals surface area contributed by atoms with Crippen molar-refractivity contribution in [3.63, 3.8) is 0 Å². The van der Waals surface area contributed by atoms with Crippen molar-refractivity contribution in [3.8, 4) is 5.75 Å². The Hall–Kier alpha value is -1.31. The van der Waals surface area contributed by atoms with Crippen molar-refractivity contribution in [3.05, 3.63) is 64.7 Å². The molecule has 0 bridgehead atoms. The highest BCUT2D eigenvalue weighted by atomic mass is 79.9. The number of carbonyl (C=O) groups excluding carboxylic acids is 1. The van der Waals surface area contributed by atoms with Crippen molar-refractivity contribution < 1.29 is 18.3 Å². The molecule has 0 amide bonds.